The Labute approximate surface area is 108 Å². The third kappa shape index (κ3) is 2.35. The Bertz CT molecular complexity index is 436. The van der Waals surface area contributed by atoms with Crippen molar-refractivity contribution in [3.8, 4) is 0 Å². The Kier molecular flexibility index (Phi) is 3.90. The standard InChI is InChI=1S/C15H21NO2/c1-3-16(12-8-4-5-9-12)14-11(2)7-6-10-13(14)15(17)18/h6-7,10,12H,3-5,8-9H2,1-2H3,(H,17,18). The molecule has 0 amide bonds. The summed E-state index contributed by atoms with van der Waals surface area (Å²) in [6.45, 7) is 4.98. The molecule has 0 atom stereocenters. The molecule has 0 spiro atoms. The molecule has 18 heavy (non-hydrogen) atoms. The zero-order valence-corrected chi connectivity index (χ0v) is 11.1. The summed E-state index contributed by atoms with van der Waals surface area (Å²) in [4.78, 5) is 13.7. The molecule has 0 saturated heterocycles. The lowest BCUT2D eigenvalue weighted by Crippen LogP contribution is -2.34. The first-order valence-electron chi connectivity index (χ1n) is 6.74. The van der Waals surface area contributed by atoms with Crippen LogP contribution in [0.25, 0.3) is 0 Å². The Hall–Kier alpha value is -1.51. The summed E-state index contributed by atoms with van der Waals surface area (Å²) in [6, 6.07) is 6.04. The van der Waals surface area contributed by atoms with E-state index < -0.39 is 5.97 Å². The fourth-order valence-electron chi connectivity index (χ4n) is 3.03. The molecule has 0 aromatic heterocycles. The number of aryl methyl sites for hydroxylation is 1. The average Bonchev–Trinajstić information content (AvgIpc) is 2.85. The van der Waals surface area contributed by atoms with Gasteiger partial charge in [-0.2, -0.15) is 0 Å². The van der Waals surface area contributed by atoms with Crippen molar-refractivity contribution in [1.29, 1.82) is 0 Å². The van der Waals surface area contributed by atoms with E-state index in [1.165, 1.54) is 25.7 Å². The molecular formula is C15H21NO2. The number of nitrogens with zero attached hydrogens (tertiary/aromatic N) is 1. The highest BCUT2D eigenvalue weighted by atomic mass is 16.4. The third-order valence-corrected chi connectivity index (χ3v) is 3.86. The van der Waals surface area contributed by atoms with E-state index in [4.69, 9.17) is 0 Å². The Morgan fingerprint density at radius 1 is 1.39 bits per heavy atom. The van der Waals surface area contributed by atoms with Crippen LogP contribution in [0.4, 0.5) is 5.69 Å². The molecule has 2 rings (SSSR count). The van der Waals surface area contributed by atoms with Crippen molar-refractivity contribution in [2.75, 3.05) is 11.4 Å². The number of carboxylic acid groups (broad SMARTS) is 1. The van der Waals surface area contributed by atoms with Crippen LogP contribution in [0.1, 0.15) is 48.5 Å². The second kappa shape index (κ2) is 5.42. The van der Waals surface area contributed by atoms with Crippen LogP contribution in [0, 0.1) is 6.92 Å². The van der Waals surface area contributed by atoms with Gasteiger partial charge in [-0.25, -0.2) is 4.79 Å². The lowest BCUT2D eigenvalue weighted by atomic mass is 10.0. The second-order valence-corrected chi connectivity index (χ2v) is 5.00. The first kappa shape index (κ1) is 12.9. The average molecular weight is 247 g/mol. The number of hydrogen-bond donors (Lipinski definition) is 1. The summed E-state index contributed by atoms with van der Waals surface area (Å²) in [5.41, 5.74) is 2.41. The summed E-state index contributed by atoms with van der Waals surface area (Å²) in [5.74, 6) is -0.829. The van der Waals surface area contributed by atoms with E-state index in [1.54, 1.807) is 6.07 Å². The van der Waals surface area contributed by atoms with Crippen molar-refractivity contribution in [3.63, 3.8) is 0 Å². The normalized spacial score (nSPS) is 15.9. The van der Waals surface area contributed by atoms with E-state index in [0.29, 0.717) is 11.6 Å². The zero-order valence-electron chi connectivity index (χ0n) is 11.1. The fraction of sp³-hybridized carbons (Fsp3) is 0.533. The predicted octanol–water partition coefficient (Wildman–Crippen LogP) is 3.46. The summed E-state index contributed by atoms with van der Waals surface area (Å²) < 4.78 is 0. The van der Waals surface area contributed by atoms with Crippen LogP contribution >= 0.6 is 0 Å². The van der Waals surface area contributed by atoms with Gasteiger partial charge in [0.15, 0.2) is 0 Å². The van der Waals surface area contributed by atoms with Crippen molar-refractivity contribution in [2.45, 2.75) is 45.6 Å². The molecule has 1 saturated carbocycles. The van der Waals surface area contributed by atoms with E-state index in [1.807, 2.05) is 19.1 Å². The van der Waals surface area contributed by atoms with E-state index in [9.17, 15) is 9.90 Å². The zero-order chi connectivity index (χ0) is 13.1. The van der Waals surface area contributed by atoms with Crippen LogP contribution in [0.3, 0.4) is 0 Å². The molecule has 1 aromatic carbocycles. The van der Waals surface area contributed by atoms with Crippen LogP contribution in [0.5, 0.6) is 0 Å². The van der Waals surface area contributed by atoms with Crippen molar-refractivity contribution in [1.82, 2.24) is 0 Å². The highest BCUT2D eigenvalue weighted by Crippen LogP contribution is 2.32. The molecule has 1 fully saturated rings. The van der Waals surface area contributed by atoms with Crippen LogP contribution in [-0.2, 0) is 0 Å². The van der Waals surface area contributed by atoms with Gasteiger partial charge in [0.1, 0.15) is 0 Å². The first-order chi connectivity index (χ1) is 8.65. The molecular weight excluding hydrogens is 226 g/mol. The van der Waals surface area contributed by atoms with Gasteiger partial charge in [0.05, 0.1) is 11.3 Å². The smallest absolute Gasteiger partial charge is 0.337 e. The van der Waals surface area contributed by atoms with Gasteiger partial charge in [-0.15, -0.1) is 0 Å². The maximum absolute atomic E-state index is 11.4. The Morgan fingerprint density at radius 2 is 2.06 bits per heavy atom. The minimum Gasteiger partial charge on any atom is -0.478 e. The summed E-state index contributed by atoms with van der Waals surface area (Å²) in [7, 11) is 0. The number of rotatable bonds is 4. The number of aromatic carboxylic acids is 1. The Morgan fingerprint density at radius 3 is 2.61 bits per heavy atom. The topological polar surface area (TPSA) is 40.5 Å². The van der Waals surface area contributed by atoms with Gasteiger partial charge in [0, 0.05) is 12.6 Å². The molecule has 1 aromatic rings. The van der Waals surface area contributed by atoms with Crippen molar-refractivity contribution >= 4 is 11.7 Å². The number of anilines is 1. The molecule has 0 radical (unpaired) electrons. The summed E-state index contributed by atoms with van der Waals surface area (Å²) in [6.07, 6.45) is 4.88. The van der Waals surface area contributed by atoms with Gasteiger partial charge in [0.25, 0.3) is 0 Å². The quantitative estimate of drug-likeness (QED) is 0.885. The number of carboxylic acids is 1. The molecule has 0 heterocycles. The third-order valence-electron chi connectivity index (χ3n) is 3.86. The van der Waals surface area contributed by atoms with Crippen LogP contribution in [0.15, 0.2) is 18.2 Å². The second-order valence-electron chi connectivity index (χ2n) is 5.00. The van der Waals surface area contributed by atoms with Gasteiger partial charge >= 0.3 is 5.97 Å². The highest BCUT2D eigenvalue weighted by molar-refractivity contribution is 5.95. The molecule has 1 N–H and O–H groups in total. The number of benzene rings is 1. The highest BCUT2D eigenvalue weighted by Gasteiger charge is 2.25. The maximum atomic E-state index is 11.4. The number of para-hydroxylation sites is 1. The molecule has 1 aliphatic carbocycles. The number of hydrogen-bond acceptors (Lipinski definition) is 2. The first-order valence-corrected chi connectivity index (χ1v) is 6.74. The molecule has 0 aliphatic heterocycles. The summed E-state index contributed by atoms with van der Waals surface area (Å²) >= 11 is 0. The van der Waals surface area contributed by atoms with Crippen LogP contribution < -0.4 is 4.90 Å². The molecule has 98 valence electrons. The van der Waals surface area contributed by atoms with E-state index in [-0.39, 0.29) is 0 Å². The van der Waals surface area contributed by atoms with Crippen molar-refractivity contribution in [3.05, 3.63) is 29.3 Å². The van der Waals surface area contributed by atoms with Gasteiger partial charge in [-0.3, -0.25) is 0 Å². The molecule has 0 bridgehead atoms. The molecule has 3 nitrogen and oxygen atoms in total. The van der Waals surface area contributed by atoms with Gasteiger partial charge in [-0.1, -0.05) is 25.0 Å². The SMILES string of the molecule is CCN(c1c(C)cccc1C(=O)O)C1CCCC1. The minimum atomic E-state index is -0.829. The number of carbonyl (C=O) groups is 1. The monoisotopic (exact) mass is 247 g/mol. The summed E-state index contributed by atoms with van der Waals surface area (Å²) in [5, 5.41) is 9.35. The lowest BCUT2D eigenvalue weighted by Gasteiger charge is -2.32. The van der Waals surface area contributed by atoms with Gasteiger partial charge in [-0.05, 0) is 38.3 Å². The lowest BCUT2D eigenvalue weighted by molar-refractivity contribution is 0.0697. The minimum absolute atomic E-state index is 0.434. The van der Waals surface area contributed by atoms with Gasteiger partial charge in [0.2, 0.25) is 0 Å². The Balaban J connectivity index is 2.43. The van der Waals surface area contributed by atoms with Crippen molar-refractivity contribution < 1.29 is 9.90 Å². The van der Waals surface area contributed by atoms with Crippen molar-refractivity contribution in [2.24, 2.45) is 0 Å². The van der Waals surface area contributed by atoms with E-state index in [2.05, 4.69) is 11.8 Å². The van der Waals surface area contributed by atoms with E-state index in [0.717, 1.165) is 17.8 Å². The van der Waals surface area contributed by atoms with E-state index >= 15 is 0 Å². The van der Waals surface area contributed by atoms with Gasteiger partial charge < -0.3 is 10.0 Å². The molecule has 1 aliphatic rings. The molecule has 0 unspecified atom stereocenters. The maximum Gasteiger partial charge on any atom is 0.337 e. The molecule has 3 heteroatoms. The largest absolute Gasteiger partial charge is 0.478 e. The van der Waals surface area contributed by atoms with Crippen LogP contribution in [-0.4, -0.2) is 23.7 Å². The predicted molar refractivity (Wildman–Crippen MR) is 73.4 cm³/mol. The van der Waals surface area contributed by atoms with Crippen LogP contribution in [0.2, 0.25) is 0 Å². The fourth-order valence-corrected chi connectivity index (χ4v) is 3.03.